The maximum absolute atomic E-state index is 12.6. The molecule has 1 aliphatic rings. The van der Waals surface area contributed by atoms with Crippen LogP contribution in [-0.2, 0) is 4.79 Å². The number of hydrogen-bond acceptors (Lipinski definition) is 3. The standard InChI is InChI=1S/C26H22N2O2/c1-17(29)28-25(16-24(27-28)18-11-13-21(30-2)14-12-18)26-22-9-5-3-7-19(22)15-20-8-4-6-10-23(20)26/h3-15,25H,16H2,1-2H3/t25-/m1/s1. The number of hydrogen-bond donors (Lipinski definition) is 0. The van der Waals surface area contributed by atoms with E-state index >= 15 is 0 Å². The molecule has 1 amide bonds. The summed E-state index contributed by atoms with van der Waals surface area (Å²) in [6.07, 6.45) is 0.671. The summed E-state index contributed by atoms with van der Waals surface area (Å²) in [4.78, 5) is 12.6. The van der Waals surface area contributed by atoms with Crippen molar-refractivity contribution >= 4 is 33.2 Å². The number of fused-ring (bicyclic) bond motifs is 2. The van der Waals surface area contributed by atoms with Gasteiger partial charge in [-0.3, -0.25) is 4.79 Å². The smallest absolute Gasteiger partial charge is 0.240 e. The number of hydrazone groups is 1. The highest BCUT2D eigenvalue weighted by molar-refractivity contribution is 6.07. The summed E-state index contributed by atoms with van der Waals surface area (Å²) in [7, 11) is 1.65. The fraction of sp³-hybridized carbons (Fsp3) is 0.154. The van der Waals surface area contributed by atoms with Gasteiger partial charge >= 0.3 is 0 Å². The molecule has 4 nitrogen and oxygen atoms in total. The fourth-order valence-electron chi connectivity index (χ4n) is 4.39. The summed E-state index contributed by atoms with van der Waals surface area (Å²) in [6, 6.07) is 26.7. The van der Waals surface area contributed by atoms with E-state index in [2.05, 4.69) is 54.6 Å². The molecule has 0 unspecified atom stereocenters. The topological polar surface area (TPSA) is 41.9 Å². The molecular weight excluding hydrogens is 372 g/mol. The minimum absolute atomic E-state index is 0.0551. The van der Waals surface area contributed by atoms with E-state index in [4.69, 9.17) is 9.84 Å². The predicted octanol–water partition coefficient (Wildman–Crippen LogP) is 5.70. The average molecular weight is 394 g/mol. The van der Waals surface area contributed by atoms with Gasteiger partial charge in [0.05, 0.1) is 18.9 Å². The van der Waals surface area contributed by atoms with Crippen molar-refractivity contribution in [1.29, 1.82) is 0 Å². The highest BCUT2D eigenvalue weighted by Crippen LogP contribution is 2.40. The maximum Gasteiger partial charge on any atom is 0.240 e. The Kier molecular flexibility index (Phi) is 4.47. The fourth-order valence-corrected chi connectivity index (χ4v) is 4.39. The molecule has 0 spiro atoms. The van der Waals surface area contributed by atoms with Gasteiger partial charge in [-0.15, -0.1) is 0 Å². The molecule has 148 valence electrons. The van der Waals surface area contributed by atoms with E-state index in [-0.39, 0.29) is 11.9 Å². The lowest BCUT2D eigenvalue weighted by Crippen LogP contribution is -2.24. The third kappa shape index (κ3) is 3.01. The Hall–Kier alpha value is -3.66. The SMILES string of the molecule is COc1ccc(C2=NN(C(C)=O)[C@@H](c3c4ccccc4cc4ccccc34)C2)cc1. The minimum Gasteiger partial charge on any atom is -0.497 e. The molecule has 4 heteroatoms. The van der Waals surface area contributed by atoms with E-state index < -0.39 is 0 Å². The number of methoxy groups -OCH3 is 1. The quantitative estimate of drug-likeness (QED) is 0.418. The van der Waals surface area contributed by atoms with Gasteiger partial charge < -0.3 is 4.74 Å². The van der Waals surface area contributed by atoms with Crippen LogP contribution in [0.2, 0.25) is 0 Å². The van der Waals surface area contributed by atoms with Gasteiger partial charge in [-0.2, -0.15) is 5.10 Å². The molecule has 4 aromatic rings. The second-order valence-electron chi connectivity index (χ2n) is 7.59. The van der Waals surface area contributed by atoms with Crippen molar-refractivity contribution < 1.29 is 9.53 Å². The van der Waals surface area contributed by atoms with Gasteiger partial charge in [0.1, 0.15) is 5.75 Å². The highest BCUT2D eigenvalue weighted by atomic mass is 16.5. The number of nitrogens with zero attached hydrogens (tertiary/aromatic N) is 2. The molecule has 0 radical (unpaired) electrons. The Bertz CT molecular complexity index is 1240. The first kappa shape index (κ1) is 18.4. The molecule has 0 bridgehead atoms. The first-order chi connectivity index (χ1) is 14.7. The molecule has 0 aliphatic carbocycles. The number of ether oxygens (including phenoxy) is 1. The first-order valence-corrected chi connectivity index (χ1v) is 10.1. The average Bonchev–Trinajstić information content (AvgIpc) is 3.23. The van der Waals surface area contributed by atoms with Crippen LogP contribution < -0.4 is 4.74 Å². The van der Waals surface area contributed by atoms with Crippen LogP contribution in [-0.4, -0.2) is 23.7 Å². The van der Waals surface area contributed by atoms with Crippen molar-refractivity contribution in [2.75, 3.05) is 7.11 Å². The van der Waals surface area contributed by atoms with Crippen molar-refractivity contribution in [2.24, 2.45) is 5.10 Å². The second kappa shape index (κ2) is 7.30. The second-order valence-corrected chi connectivity index (χ2v) is 7.59. The van der Waals surface area contributed by atoms with E-state index in [0.717, 1.165) is 22.6 Å². The van der Waals surface area contributed by atoms with Crippen LogP contribution in [0.1, 0.15) is 30.5 Å². The highest BCUT2D eigenvalue weighted by Gasteiger charge is 2.33. The molecule has 0 N–H and O–H groups in total. The molecule has 0 saturated heterocycles. The van der Waals surface area contributed by atoms with E-state index in [1.165, 1.54) is 21.5 Å². The Morgan fingerprint density at radius 2 is 1.53 bits per heavy atom. The minimum atomic E-state index is -0.143. The summed E-state index contributed by atoms with van der Waals surface area (Å²) in [5.74, 6) is 0.748. The number of amides is 1. The van der Waals surface area contributed by atoms with Gasteiger partial charge in [0.15, 0.2) is 0 Å². The lowest BCUT2D eigenvalue weighted by molar-refractivity contribution is -0.130. The molecule has 0 fully saturated rings. The van der Waals surface area contributed by atoms with Gasteiger partial charge in [0.2, 0.25) is 5.91 Å². The molecule has 30 heavy (non-hydrogen) atoms. The molecule has 0 saturated carbocycles. The number of carbonyl (C=O) groups excluding carboxylic acids is 1. The van der Waals surface area contributed by atoms with Crippen LogP contribution in [0.4, 0.5) is 0 Å². The molecular formula is C26H22N2O2. The van der Waals surface area contributed by atoms with E-state index in [1.807, 2.05) is 24.3 Å². The van der Waals surface area contributed by atoms with Crippen molar-refractivity contribution in [3.8, 4) is 5.75 Å². The van der Waals surface area contributed by atoms with Gasteiger partial charge in [-0.05, 0) is 63.0 Å². The molecule has 1 aliphatic heterocycles. The van der Waals surface area contributed by atoms with Crippen molar-refractivity contribution in [1.82, 2.24) is 5.01 Å². The third-order valence-corrected chi connectivity index (χ3v) is 5.80. The molecule has 4 aromatic carbocycles. The van der Waals surface area contributed by atoms with E-state index in [1.54, 1.807) is 19.0 Å². The summed E-state index contributed by atoms with van der Waals surface area (Å²) in [6.45, 7) is 1.58. The van der Waals surface area contributed by atoms with Crippen molar-refractivity contribution in [3.05, 3.63) is 90.0 Å². The Morgan fingerprint density at radius 1 is 0.933 bits per heavy atom. The summed E-state index contributed by atoms with van der Waals surface area (Å²) >= 11 is 0. The van der Waals surface area contributed by atoms with E-state index in [0.29, 0.717) is 6.42 Å². The third-order valence-electron chi connectivity index (χ3n) is 5.80. The van der Waals surface area contributed by atoms with Crippen LogP contribution in [0.15, 0.2) is 84.0 Å². The molecule has 1 atom stereocenters. The monoisotopic (exact) mass is 394 g/mol. The molecule has 1 heterocycles. The number of benzene rings is 4. The van der Waals surface area contributed by atoms with Crippen molar-refractivity contribution in [2.45, 2.75) is 19.4 Å². The van der Waals surface area contributed by atoms with Crippen LogP contribution in [0.5, 0.6) is 5.75 Å². The van der Waals surface area contributed by atoms with Crippen molar-refractivity contribution in [3.63, 3.8) is 0 Å². The molecule has 0 aromatic heterocycles. The van der Waals surface area contributed by atoms with Crippen LogP contribution in [0, 0.1) is 0 Å². The lowest BCUT2D eigenvalue weighted by Gasteiger charge is -2.24. The predicted molar refractivity (Wildman–Crippen MR) is 121 cm³/mol. The Morgan fingerprint density at radius 3 is 2.10 bits per heavy atom. The Balaban J connectivity index is 1.67. The molecule has 5 rings (SSSR count). The maximum atomic E-state index is 12.6. The van der Waals surface area contributed by atoms with Gasteiger partial charge in [0.25, 0.3) is 0 Å². The zero-order chi connectivity index (χ0) is 20.7. The van der Waals surface area contributed by atoms with Gasteiger partial charge in [-0.1, -0.05) is 48.5 Å². The van der Waals surface area contributed by atoms with Crippen LogP contribution in [0.3, 0.4) is 0 Å². The summed E-state index contributed by atoms with van der Waals surface area (Å²) in [5, 5.41) is 11.1. The summed E-state index contributed by atoms with van der Waals surface area (Å²) < 4.78 is 5.27. The number of carbonyl (C=O) groups is 1. The van der Waals surface area contributed by atoms with Crippen LogP contribution >= 0.6 is 0 Å². The summed E-state index contributed by atoms with van der Waals surface area (Å²) in [5.41, 5.74) is 3.08. The lowest BCUT2D eigenvalue weighted by atomic mass is 9.89. The zero-order valence-electron chi connectivity index (χ0n) is 17.0. The largest absolute Gasteiger partial charge is 0.497 e. The van der Waals surface area contributed by atoms with Gasteiger partial charge in [0, 0.05) is 13.3 Å². The first-order valence-electron chi connectivity index (χ1n) is 10.1. The van der Waals surface area contributed by atoms with Crippen LogP contribution in [0.25, 0.3) is 21.5 Å². The number of rotatable bonds is 3. The Labute approximate surface area is 175 Å². The normalized spacial score (nSPS) is 16.1. The van der Waals surface area contributed by atoms with Gasteiger partial charge in [-0.25, -0.2) is 5.01 Å². The van der Waals surface area contributed by atoms with E-state index in [9.17, 15) is 4.79 Å². The zero-order valence-corrected chi connectivity index (χ0v) is 17.0.